The van der Waals surface area contributed by atoms with Gasteiger partial charge in [0.2, 0.25) is 0 Å². The summed E-state index contributed by atoms with van der Waals surface area (Å²) in [6.07, 6.45) is 0. The van der Waals surface area contributed by atoms with Crippen molar-refractivity contribution in [2.45, 2.75) is 38.2 Å². The van der Waals surface area contributed by atoms with Gasteiger partial charge < -0.3 is 0 Å². The molecule has 0 bridgehead atoms. The summed E-state index contributed by atoms with van der Waals surface area (Å²) in [4.78, 5) is 1.08. The third kappa shape index (κ3) is 5.39. The zero-order chi connectivity index (χ0) is 9.10. The first-order valence-electron chi connectivity index (χ1n) is 4.77. The van der Waals surface area contributed by atoms with Crippen molar-refractivity contribution in [1.82, 2.24) is 0 Å². The van der Waals surface area contributed by atoms with Crippen LogP contribution in [0.15, 0.2) is 0 Å². The minimum atomic E-state index is 0.965. The quantitative estimate of drug-likeness (QED) is 0.514. The van der Waals surface area contributed by atoms with E-state index in [1.807, 2.05) is 0 Å². The van der Waals surface area contributed by atoms with Crippen molar-refractivity contribution in [1.29, 1.82) is 0 Å². The predicted molar refractivity (Wildman–Crippen MR) is 67.8 cm³/mol. The first-order valence-corrected chi connectivity index (χ1v) is 11.5. The van der Waals surface area contributed by atoms with Crippen molar-refractivity contribution in [3.8, 4) is 0 Å². The molecule has 0 aliphatic carbocycles. The zero-order valence-electron chi connectivity index (χ0n) is 7.90. The second-order valence-electron chi connectivity index (χ2n) is 3.59. The van der Waals surface area contributed by atoms with Crippen LogP contribution >= 0.6 is 23.5 Å². The van der Waals surface area contributed by atoms with Crippen LogP contribution in [0.5, 0.6) is 0 Å². The van der Waals surface area contributed by atoms with Crippen LogP contribution in [-0.2, 0) is 0 Å². The zero-order valence-corrected chi connectivity index (χ0v) is 13.0. The number of thioether (sulfide) groups is 2. The molecule has 0 nitrogen and oxygen atoms in total. The van der Waals surface area contributed by atoms with Crippen molar-refractivity contribution in [3.05, 3.63) is 0 Å². The van der Waals surface area contributed by atoms with Gasteiger partial charge in [0.05, 0.1) is 0 Å². The molecular formula is C9H16S2Se2. The van der Waals surface area contributed by atoms with Crippen LogP contribution in [0, 0.1) is 0 Å². The van der Waals surface area contributed by atoms with Crippen LogP contribution < -0.4 is 0 Å². The molecule has 76 valence electrons. The molecule has 3 atom stereocenters. The van der Waals surface area contributed by atoms with Gasteiger partial charge in [-0.25, -0.2) is 0 Å². The predicted octanol–water partition coefficient (Wildman–Crippen LogP) is 2.69. The Hall–Kier alpha value is 1.74. The van der Waals surface area contributed by atoms with Crippen molar-refractivity contribution in [3.63, 3.8) is 0 Å². The maximum atomic E-state index is 2.48. The van der Waals surface area contributed by atoms with Gasteiger partial charge in [0.25, 0.3) is 0 Å². The van der Waals surface area contributed by atoms with Gasteiger partial charge >= 0.3 is 103 Å². The summed E-state index contributed by atoms with van der Waals surface area (Å²) in [5, 5.41) is 6.89. The van der Waals surface area contributed by atoms with Gasteiger partial charge in [-0.05, 0) is 0 Å². The summed E-state index contributed by atoms with van der Waals surface area (Å²) in [6, 6.07) is 0. The summed E-state index contributed by atoms with van der Waals surface area (Å²) in [6.45, 7) is 2.48. The minimum absolute atomic E-state index is 0.965. The third-order valence-corrected chi connectivity index (χ3v) is 11.7. The van der Waals surface area contributed by atoms with Gasteiger partial charge in [0, 0.05) is 0 Å². The molecule has 0 amide bonds. The van der Waals surface area contributed by atoms with E-state index in [1.165, 1.54) is 11.5 Å². The van der Waals surface area contributed by atoms with E-state index in [0.29, 0.717) is 0 Å². The van der Waals surface area contributed by atoms with E-state index in [9.17, 15) is 0 Å². The van der Waals surface area contributed by atoms with E-state index in [4.69, 9.17) is 0 Å². The molecule has 3 unspecified atom stereocenters. The molecule has 0 aromatic heterocycles. The molecule has 0 aromatic carbocycles. The molecule has 0 aromatic rings. The fraction of sp³-hybridized carbons (Fsp3) is 1.00. The molecule has 4 heteroatoms. The summed E-state index contributed by atoms with van der Waals surface area (Å²) < 4.78 is 0. The Morgan fingerprint density at radius 1 is 1.23 bits per heavy atom. The summed E-state index contributed by atoms with van der Waals surface area (Å²) >= 11 is 6.28. The summed E-state index contributed by atoms with van der Waals surface area (Å²) in [7, 11) is 0. The van der Waals surface area contributed by atoms with Crippen LogP contribution in [0.4, 0.5) is 0 Å². The molecule has 2 fully saturated rings. The molecule has 2 aliphatic rings. The van der Waals surface area contributed by atoms with E-state index in [1.54, 1.807) is 16.0 Å². The Kier molecular flexibility index (Phi) is 4.94. The van der Waals surface area contributed by atoms with Crippen LogP contribution in [0.1, 0.15) is 6.92 Å². The van der Waals surface area contributed by atoms with Gasteiger partial charge in [-0.2, -0.15) is 0 Å². The maximum absolute atomic E-state index is 2.48. The van der Waals surface area contributed by atoms with Gasteiger partial charge in [-0.1, -0.05) is 0 Å². The average molecular weight is 346 g/mol. The Morgan fingerprint density at radius 3 is 2.46 bits per heavy atom. The van der Waals surface area contributed by atoms with E-state index in [0.717, 1.165) is 45.2 Å². The van der Waals surface area contributed by atoms with Gasteiger partial charge in [0.15, 0.2) is 0 Å². The number of hydrogen-bond donors (Lipinski definition) is 0. The molecule has 13 heavy (non-hydrogen) atoms. The second-order valence-corrected chi connectivity index (χ2v) is 11.6. The molecule has 0 N–H and O–H groups in total. The van der Waals surface area contributed by atoms with Crippen LogP contribution in [0.25, 0.3) is 0 Å². The SMILES string of the molecule is CC(C[Se]CC1CS1)[Se]CC1CS1. The molecule has 2 saturated heterocycles. The Morgan fingerprint density at radius 2 is 1.85 bits per heavy atom. The summed E-state index contributed by atoms with van der Waals surface area (Å²) in [5.74, 6) is 2.94. The van der Waals surface area contributed by atoms with Gasteiger partial charge in [0.1, 0.15) is 0 Å². The van der Waals surface area contributed by atoms with Gasteiger partial charge in [-0.3, -0.25) is 0 Å². The number of rotatable bonds is 7. The molecule has 0 spiro atoms. The van der Waals surface area contributed by atoms with Crippen molar-refractivity contribution < 1.29 is 0 Å². The Labute approximate surface area is 102 Å². The second kappa shape index (κ2) is 5.72. The molecule has 2 rings (SSSR count). The van der Waals surface area contributed by atoms with E-state index in [-0.39, 0.29) is 0 Å². The Balaban J connectivity index is 1.42. The van der Waals surface area contributed by atoms with Crippen LogP contribution in [0.3, 0.4) is 0 Å². The van der Waals surface area contributed by atoms with E-state index >= 15 is 0 Å². The van der Waals surface area contributed by atoms with E-state index in [2.05, 4.69) is 30.4 Å². The fourth-order valence-corrected chi connectivity index (χ4v) is 9.97. The van der Waals surface area contributed by atoms with Crippen molar-refractivity contribution >= 4 is 53.4 Å². The standard InChI is InChI=1S/C9H16S2Se2/c1-7(13-6-9-3-11-9)4-12-5-8-2-10-8/h7-9H,2-6H2,1H3. The van der Waals surface area contributed by atoms with E-state index < -0.39 is 0 Å². The normalized spacial score (nSPS) is 33.0. The average Bonchev–Trinajstić information content (AvgIpc) is 2.97. The monoisotopic (exact) mass is 348 g/mol. The topological polar surface area (TPSA) is 0 Å². The third-order valence-electron chi connectivity index (χ3n) is 2.03. The summed E-state index contributed by atoms with van der Waals surface area (Å²) in [5.41, 5.74) is 0. The Bertz CT molecular complexity index is 158. The molecule has 0 radical (unpaired) electrons. The fourth-order valence-electron chi connectivity index (χ4n) is 1.01. The van der Waals surface area contributed by atoms with Crippen molar-refractivity contribution in [2.24, 2.45) is 0 Å². The van der Waals surface area contributed by atoms with Crippen molar-refractivity contribution in [2.75, 3.05) is 11.5 Å². The van der Waals surface area contributed by atoms with Gasteiger partial charge in [-0.15, -0.1) is 0 Å². The molecule has 2 aliphatic heterocycles. The molecule has 2 heterocycles. The molecule has 0 saturated carbocycles. The number of hydrogen-bond acceptors (Lipinski definition) is 2. The first kappa shape index (κ1) is 11.2. The van der Waals surface area contributed by atoms with Crippen LogP contribution in [-0.4, -0.2) is 51.9 Å². The first-order chi connectivity index (χ1) is 6.34. The molecular weight excluding hydrogens is 330 g/mol. The van der Waals surface area contributed by atoms with Crippen LogP contribution in [0.2, 0.25) is 20.8 Å².